The number of hydrazone groups is 1. The largest absolute Gasteiger partial charge is 0.331 e. The predicted octanol–water partition coefficient (Wildman–Crippen LogP) is 4.44. The Bertz CT molecular complexity index is 880. The summed E-state index contributed by atoms with van der Waals surface area (Å²) in [6, 6.07) is 21.8. The minimum atomic E-state index is 0.432. The van der Waals surface area contributed by atoms with Crippen LogP contribution in [0.25, 0.3) is 0 Å². The Morgan fingerprint density at radius 2 is 1.73 bits per heavy atom. The summed E-state index contributed by atoms with van der Waals surface area (Å²) in [6.45, 7) is 4.11. The highest BCUT2D eigenvalue weighted by Gasteiger charge is 2.08. The predicted molar refractivity (Wildman–Crippen MR) is 112 cm³/mol. The van der Waals surface area contributed by atoms with Crippen LogP contribution in [0.2, 0.25) is 0 Å². The number of rotatable bonds is 4. The van der Waals surface area contributed by atoms with Gasteiger partial charge in [0.25, 0.3) is 0 Å². The molecule has 0 fully saturated rings. The van der Waals surface area contributed by atoms with Crippen LogP contribution in [0, 0.1) is 13.8 Å². The summed E-state index contributed by atoms with van der Waals surface area (Å²) in [5.74, 6) is 0. The lowest BCUT2D eigenvalue weighted by Crippen LogP contribution is -2.26. The van der Waals surface area contributed by atoms with Gasteiger partial charge in [-0.1, -0.05) is 54.1 Å². The van der Waals surface area contributed by atoms with Crippen LogP contribution in [0.3, 0.4) is 0 Å². The van der Waals surface area contributed by atoms with Gasteiger partial charge in [-0.3, -0.25) is 10.4 Å². The van der Waals surface area contributed by atoms with Crippen molar-refractivity contribution in [2.75, 3.05) is 5.32 Å². The van der Waals surface area contributed by atoms with Gasteiger partial charge in [-0.25, -0.2) is 0 Å². The molecule has 3 rings (SSSR count). The van der Waals surface area contributed by atoms with E-state index in [0.717, 1.165) is 28.2 Å². The van der Waals surface area contributed by atoms with Crippen molar-refractivity contribution < 1.29 is 0 Å². The number of nitrogens with zero attached hydrogens (tertiary/aromatic N) is 2. The number of hydrogen-bond acceptors (Lipinski definition) is 3. The Morgan fingerprint density at radius 1 is 0.962 bits per heavy atom. The van der Waals surface area contributed by atoms with Crippen LogP contribution >= 0.6 is 12.2 Å². The molecule has 130 valence electrons. The first-order valence-corrected chi connectivity index (χ1v) is 8.73. The van der Waals surface area contributed by atoms with Crippen LogP contribution in [0.5, 0.6) is 0 Å². The summed E-state index contributed by atoms with van der Waals surface area (Å²) in [4.78, 5) is 4.41. The number of aryl methyl sites for hydroxylation is 2. The van der Waals surface area contributed by atoms with Crippen LogP contribution in [-0.2, 0) is 0 Å². The number of hydrogen-bond donors (Lipinski definition) is 2. The quantitative estimate of drug-likeness (QED) is 0.410. The highest BCUT2D eigenvalue weighted by Crippen LogP contribution is 2.16. The van der Waals surface area contributed by atoms with Crippen molar-refractivity contribution in [2.45, 2.75) is 13.8 Å². The van der Waals surface area contributed by atoms with Crippen molar-refractivity contribution in [3.63, 3.8) is 0 Å². The second-order valence-corrected chi connectivity index (χ2v) is 6.33. The lowest BCUT2D eigenvalue weighted by atomic mass is 10.1. The van der Waals surface area contributed by atoms with E-state index in [0.29, 0.717) is 5.11 Å². The summed E-state index contributed by atoms with van der Waals surface area (Å²) in [6.07, 6.45) is 1.75. The molecule has 0 unspecified atom stereocenters. The van der Waals surface area contributed by atoms with Crippen molar-refractivity contribution in [1.82, 2.24) is 10.4 Å². The van der Waals surface area contributed by atoms with E-state index < -0.39 is 0 Å². The zero-order valence-electron chi connectivity index (χ0n) is 14.7. The number of nitrogens with one attached hydrogen (secondary N) is 2. The van der Waals surface area contributed by atoms with E-state index in [-0.39, 0.29) is 0 Å². The molecule has 3 aromatic rings. The molecule has 0 radical (unpaired) electrons. The lowest BCUT2D eigenvalue weighted by Gasteiger charge is -2.12. The topological polar surface area (TPSA) is 49.3 Å². The number of pyridine rings is 1. The monoisotopic (exact) mass is 360 g/mol. The van der Waals surface area contributed by atoms with Crippen LogP contribution in [0.15, 0.2) is 78.0 Å². The molecule has 2 N–H and O–H groups in total. The van der Waals surface area contributed by atoms with E-state index in [2.05, 4.69) is 33.8 Å². The summed E-state index contributed by atoms with van der Waals surface area (Å²) in [7, 11) is 0. The fourth-order valence-electron chi connectivity index (χ4n) is 2.58. The van der Waals surface area contributed by atoms with Gasteiger partial charge in [-0.2, -0.15) is 5.10 Å². The number of anilines is 1. The van der Waals surface area contributed by atoms with Gasteiger partial charge in [-0.05, 0) is 49.8 Å². The molecule has 0 spiro atoms. The first-order valence-electron chi connectivity index (χ1n) is 8.32. The molecule has 2 aromatic carbocycles. The molecule has 1 heterocycles. The molecule has 0 aliphatic heterocycles. The summed E-state index contributed by atoms with van der Waals surface area (Å²) < 4.78 is 0. The maximum atomic E-state index is 5.40. The maximum absolute atomic E-state index is 5.40. The molecule has 0 bridgehead atoms. The summed E-state index contributed by atoms with van der Waals surface area (Å²) in [5.41, 5.74) is 8.72. The Morgan fingerprint density at radius 3 is 2.42 bits per heavy atom. The fraction of sp³-hybridized carbons (Fsp3) is 0.0952. The van der Waals surface area contributed by atoms with E-state index in [1.54, 1.807) is 6.20 Å². The van der Waals surface area contributed by atoms with E-state index >= 15 is 0 Å². The standard InChI is InChI=1S/C21H20N4S/c1-15-11-12-18(16(2)14-15)23-21(26)25-24-20(17-8-4-3-5-9-17)19-10-6-7-13-22-19/h3-14H,1-2H3,(H2,23,25,26)/b24-20-. The molecule has 0 atom stereocenters. The molecule has 26 heavy (non-hydrogen) atoms. The van der Waals surface area contributed by atoms with Gasteiger partial charge >= 0.3 is 0 Å². The second kappa shape index (κ2) is 8.36. The molecule has 0 saturated heterocycles. The Labute approximate surface area is 159 Å². The molecular formula is C21H20N4S. The SMILES string of the molecule is Cc1ccc(NC(=S)N/N=C(/c2ccccc2)c2ccccn2)c(C)c1. The lowest BCUT2D eigenvalue weighted by molar-refractivity contribution is 1.03. The average molecular weight is 360 g/mol. The minimum Gasteiger partial charge on any atom is -0.331 e. The molecule has 0 saturated carbocycles. The van der Waals surface area contributed by atoms with Gasteiger partial charge in [-0.15, -0.1) is 0 Å². The van der Waals surface area contributed by atoms with Gasteiger partial charge in [0.2, 0.25) is 0 Å². The Balaban J connectivity index is 1.81. The van der Waals surface area contributed by atoms with E-state index in [1.165, 1.54) is 5.56 Å². The molecule has 1 aromatic heterocycles. The third-order valence-electron chi connectivity index (χ3n) is 3.85. The molecule has 5 heteroatoms. The van der Waals surface area contributed by atoms with Gasteiger partial charge in [0, 0.05) is 17.4 Å². The van der Waals surface area contributed by atoms with Crippen LogP contribution in [0.1, 0.15) is 22.4 Å². The number of thiocarbonyl (C=S) groups is 1. The fourth-order valence-corrected chi connectivity index (χ4v) is 2.73. The van der Waals surface area contributed by atoms with Gasteiger partial charge < -0.3 is 5.32 Å². The molecule has 0 aliphatic carbocycles. The first kappa shape index (κ1) is 17.8. The third kappa shape index (κ3) is 4.52. The smallest absolute Gasteiger partial charge is 0.191 e. The minimum absolute atomic E-state index is 0.432. The third-order valence-corrected chi connectivity index (χ3v) is 4.05. The van der Waals surface area contributed by atoms with Crippen molar-refractivity contribution >= 4 is 28.7 Å². The molecular weight excluding hydrogens is 340 g/mol. The first-order chi connectivity index (χ1) is 12.6. The van der Waals surface area contributed by atoms with Gasteiger partial charge in [0.05, 0.1) is 5.69 Å². The van der Waals surface area contributed by atoms with E-state index in [1.807, 2.05) is 67.6 Å². The van der Waals surface area contributed by atoms with Crippen molar-refractivity contribution in [1.29, 1.82) is 0 Å². The van der Waals surface area contributed by atoms with Gasteiger partial charge in [0.1, 0.15) is 5.71 Å². The van der Waals surface area contributed by atoms with Crippen LogP contribution in [-0.4, -0.2) is 15.8 Å². The van der Waals surface area contributed by atoms with Crippen LogP contribution < -0.4 is 10.7 Å². The van der Waals surface area contributed by atoms with E-state index in [4.69, 9.17) is 12.2 Å². The van der Waals surface area contributed by atoms with E-state index in [9.17, 15) is 0 Å². The molecule has 4 nitrogen and oxygen atoms in total. The van der Waals surface area contributed by atoms with Gasteiger partial charge in [0.15, 0.2) is 5.11 Å². The van der Waals surface area contributed by atoms with Crippen molar-refractivity contribution in [2.24, 2.45) is 5.10 Å². The molecule has 0 aliphatic rings. The van der Waals surface area contributed by atoms with Crippen molar-refractivity contribution in [3.05, 3.63) is 95.3 Å². The zero-order chi connectivity index (χ0) is 18.4. The highest BCUT2D eigenvalue weighted by molar-refractivity contribution is 7.80. The summed E-state index contributed by atoms with van der Waals surface area (Å²) in [5, 5.41) is 8.13. The highest BCUT2D eigenvalue weighted by atomic mass is 32.1. The maximum Gasteiger partial charge on any atom is 0.191 e. The Hall–Kier alpha value is -3.05. The number of benzene rings is 2. The zero-order valence-corrected chi connectivity index (χ0v) is 15.5. The second-order valence-electron chi connectivity index (χ2n) is 5.93. The Kier molecular flexibility index (Phi) is 5.71. The summed E-state index contributed by atoms with van der Waals surface area (Å²) >= 11 is 5.40. The van der Waals surface area contributed by atoms with Crippen molar-refractivity contribution in [3.8, 4) is 0 Å². The normalized spacial score (nSPS) is 11.1. The number of aromatic nitrogens is 1. The average Bonchev–Trinajstić information content (AvgIpc) is 2.66. The van der Waals surface area contributed by atoms with Crippen LogP contribution in [0.4, 0.5) is 5.69 Å². The molecule has 0 amide bonds.